The second-order valence-electron chi connectivity index (χ2n) is 8.24. The van der Waals surface area contributed by atoms with Gasteiger partial charge in [0.25, 0.3) is 0 Å². The van der Waals surface area contributed by atoms with Crippen molar-refractivity contribution in [1.29, 1.82) is 0 Å². The van der Waals surface area contributed by atoms with Crippen LogP contribution < -0.4 is 10.0 Å². The first-order valence-electron chi connectivity index (χ1n) is 10.9. The Balaban J connectivity index is 0.00000480. The minimum Gasteiger partial charge on any atom is -0.381 e. The zero-order valence-electron chi connectivity index (χ0n) is 19.3. The summed E-state index contributed by atoms with van der Waals surface area (Å²) in [4.78, 5) is 6.96. The van der Waals surface area contributed by atoms with Crippen molar-refractivity contribution in [3.8, 4) is 0 Å². The molecule has 0 atom stereocenters. The van der Waals surface area contributed by atoms with Crippen LogP contribution in [-0.2, 0) is 27.1 Å². The Labute approximate surface area is 205 Å². The molecule has 9 heteroatoms. The van der Waals surface area contributed by atoms with Gasteiger partial charge < -0.3 is 15.0 Å². The molecule has 178 valence electrons. The number of nitrogens with one attached hydrogen (secondary N) is 2. The molecule has 1 aliphatic heterocycles. The van der Waals surface area contributed by atoms with Crippen LogP contribution in [-0.4, -0.2) is 58.7 Å². The van der Waals surface area contributed by atoms with Gasteiger partial charge >= 0.3 is 0 Å². The van der Waals surface area contributed by atoms with E-state index in [2.05, 4.69) is 28.9 Å². The highest BCUT2D eigenvalue weighted by Crippen LogP contribution is 2.19. The third-order valence-corrected chi connectivity index (χ3v) is 6.71. The van der Waals surface area contributed by atoms with Crippen molar-refractivity contribution >= 4 is 40.0 Å². The van der Waals surface area contributed by atoms with E-state index in [0.29, 0.717) is 12.5 Å². The molecule has 0 bridgehead atoms. The van der Waals surface area contributed by atoms with Gasteiger partial charge in [-0.1, -0.05) is 24.3 Å². The lowest BCUT2D eigenvalue weighted by Gasteiger charge is -2.27. The molecule has 1 heterocycles. The van der Waals surface area contributed by atoms with E-state index in [4.69, 9.17) is 9.73 Å². The van der Waals surface area contributed by atoms with E-state index in [1.165, 1.54) is 0 Å². The van der Waals surface area contributed by atoms with Gasteiger partial charge in [-0.3, -0.25) is 0 Å². The Morgan fingerprint density at radius 2 is 1.87 bits per heavy atom. The lowest BCUT2D eigenvalue weighted by Crippen LogP contribution is -2.40. The predicted octanol–water partition coefficient (Wildman–Crippen LogP) is 3.35. The Morgan fingerprint density at radius 3 is 2.48 bits per heavy atom. The zero-order valence-corrected chi connectivity index (χ0v) is 22.4. The van der Waals surface area contributed by atoms with E-state index in [1.54, 1.807) is 0 Å². The summed E-state index contributed by atoms with van der Waals surface area (Å²) in [7, 11) is -1.32. The normalized spacial score (nSPS) is 15.6. The number of hydrogen-bond donors (Lipinski definition) is 2. The van der Waals surface area contributed by atoms with Crippen molar-refractivity contribution in [2.45, 2.75) is 58.4 Å². The number of nitrogens with zero attached hydrogens (tertiary/aromatic N) is 2. The molecule has 1 fully saturated rings. The van der Waals surface area contributed by atoms with Crippen LogP contribution >= 0.6 is 24.0 Å². The number of guanidine groups is 1. The smallest absolute Gasteiger partial charge is 0.216 e. The zero-order chi connectivity index (χ0) is 22.0. The maximum Gasteiger partial charge on any atom is 0.216 e. The van der Waals surface area contributed by atoms with Gasteiger partial charge in [0.15, 0.2) is 5.96 Å². The summed E-state index contributed by atoms with van der Waals surface area (Å²) < 4.78 is 32.8. The Kier molecular flexibility index (Phi) is 13.0. The summed E-state index contributed by atoms with van der Waals surface area (Å²) in [6.45, 7) is 9.61. The summed E-state index contributed by atoms with van der Waals surface area (Å²) >= 11 is 0. The standard InChI is InChI=1S/C22H38N4O3S.HI/c1-5-23-22(26(4)13-10-19-11-14-29-15-12-19)24-16-20-8-6-7-9-21(20)17-30(27,28)25-18(2)3;/h6-9,18-19,25H,5,10-17H2,1-4H3,(H,23,24);1H. The fourth-order valence-electron chi connectivity index (χ4n) is 3.60. The fourth-order valence-corrected chi connectivity index (χ4v) is 5.10. The highest BCUT2D eigenvalue weighted by molar-refractivity contribution is 14.0. The highest BCUT2D eigenvalue weighted by atomic mass is 127. The van der Waals surface area contributed by atoms with Crippen LogP contribution in [0.15, 0.2) is 29.3 Å². The first-order chi connectivity index (χ1) is 14.3. The first-order valence-corrected chi connectivity index (χ1v) is 12.6. The first kappa shape index (κ1) is 28.1. The van der Waals surface area contributed by atoms with Crippen molar-refractivity contribution < 1.29 is 13.2 Å². The van der Waals surface area contributed by atoms with E-state index in [9.17, 15) is 8.42 Å². The molecule has 2 rings (SSSR count). The van der Waals surface area contributed by atoms with Gasteiger partial charge in [0.1, 0.15) is 0 Å². The number of benzene rings is 1. The van der Waals surface area contributed by atoms with E-state index < -0.39 is 10.0 Å². The summed E-state index contributed by atoms with van der Waals surface area (Å²) in [6.07, 6.45) is 3.39. The average Bonchev–Trinajstić information content (AvgIpc) is 2.69. The number of hydrogen-bond acceptors (Lipinski definition) is 4. The molecule has 0 aliphatic carbocycles. The highest BCUT2D eigenvalue weighted by Gasteiger charge is 2.17. The van der Waals surface area contributed by atoms with Gasteiger partial charge in [0, 0.05) is 39.4 Å². The molecule has 1 aliphatic rings. The van der Waals surface area contributed by atoms with E-state index >= 15 is 0 Å². The largest absolute Gasteiger partial charge is 0.381 e. The van der Waals surface area contributed by atoms with Crippen LogP contribution in [0.1, 0.15) is 51.2 Å². The predicted molar refractivity (Wildman–Crippen MR) is 138 cm³/mol. The topological polar surface area (TPSA) is 83.0 Å². The van der Waals surface area contributed by atoms with Gasteiger partial charge in [-0.05, 0) is 57.1 Å². The van der Waals surface area contributed by atoms with Gasteiger partial charge in [0.2, 0.25) is 10.0 Å². The third kappa shape index (κ3) is 10.5. The molecule has 0 aromatic heterocycles. The lowest BCUT2D eigenvalue weighted by molar-refractivity contribution is 0.0625. The maximum absolute atomic E-state index is 12.4. The number of ether oxygens (including phenoxy) is 1. The van der Waals surface area contributed by atoms with Crippen molar-refractivity contribution in [2.75, 3.05) is 33.4 Å². The van der Waals surface area contributed by atoms with Crippen molar-refractivity contribution in [3.63, 3.8) is 0 Å². The molecule has 0 amide bonds. The van der Waals surface area contributed by atoms with Crippen molar-refractivity contribution in [1.82, 2.24) is 14.9 Å². The molecule has 1 aromatic rings. The number of sulfonamides is 1. The summed E-state index contributed by atoms with van der Waals surface area (Å²) in [5.41, 5.74) is 1.72. The molecule has 0 saturated carbocycles. The molecule has 1 aromatic carbocycles. The minimum atomic E-state index is -3.38. The molecular formula is C22H39IN4O3S. The van der Waals surface area contributed by atoms with Crippen LogP contribution in [0.2, 0.25) is 0 Å². The average molecular weight is 567 g/mol. The lowest BCUT2D eigenvalue weighted by atomic mass is 9.96. The molecule has 2 N–H and O–H groups in total. The number of rotatable bonds is 10. The molecular weight excluding hydrogens is 527 g/mol. The van der Waals surface area contributed by atoms with Crippen LogP contribution in [0.4, 0.5) is 0 Å². The second-order valence-corrected chi connectivity index (χ2v) is 9.99. The van der Waals surface area contributed by atoms with E-state index in [0.717, 1.165) is 62.7 Å². The molecule has 0 radical (unpaired) electrons. The van der Waals surface area contributed by atoms with E-state index in [1.807, 2.05) is 38.1 Å². The molecule has 31 heavy (non-hydrogen) atoms. The van der Waals surface area contributed by atoms with Crippen LogP contribution in [0.5, 0.6) is 0 Å². The summed E-state index contributed by atoms with van der Waals surface area (Å²) in [5.74, 6) is 1.53. The Bertz CT molecular complexity index is 781. The third-order valence-electron chi connectivity index (χ3n) is 5.19. The fraction of sp³-hybridized carbons (Fsp3) is 0.682. The summed E-state index contributed by atoms with van der Waals surface area (Å²) in [6, 6.07) is 7.50. The molecule has 1 saturated heterocycles. The van der Waals surface area contributed by atoms with Crippen LogP contribution in [0.25, 0.3) is 0 Å². The van der Waals surface area contributed by atoms with Gasteiger partial charge in [-0.15, -0.1) is 24.0 Å². The van der Waals surface area contributed by atoms with Gasteiger partial charge in [-0.25, -0.2) is 18.1 Å². The second kappa shape index (κ2) is 14.3. The van der Waals surface area contributed by atoms with E-state index in [-0.39, 0.29) is 35.8 Å². The van der Waals surface area contributed by atoms with Crippen LogP contribution in [0.3, 0.4) is 0 Å². The monoisotopic (exact) mass is 566 g/mol. The maximum atomic E-state index is 12.4. The van der Waals surface area contributed by atoms with Gasteiger partial charge in [-0.2, -0.15) is 0 Å². The molecule has 7 nitrogen and oxygen atoms in total. The quantitative estimate of drug-likeness (QED) is 0.258. The van der Waals surface area contributed by atoms with Gasteiger partial charge in [0.05, 0.1) is 12.3 Å². The number of aliphatic imine (C=N–C) groups is 1. The molecule has 0 unspecified atom stereocenters. The summed E-state index contributed by atoms with van der Waals surface area (Å²) in [5, 5.41) is 3.35. The number of halogens is 1. The Morgan fingerprint density at radius 1 is 1.23 bits per heavy atom. The molecule has 0 spiro atoms. The van der Waals surface area contributed by atoms with Crippen molar-refractivity contribution in [2.24, 2.45) is 10.9 Å². The van der Waals surface area contributed by atoms with Crippen molar-refractivity contribution in [3.05, 3.63) is 35.4 Å². The Hall–Kier alpha value is -0.910. The SMILES string of the molecule is CCNC(=NCc1ccccc1CS(=O)(=O)NC(C)C)N(C)CCC1CCOCC1.I. The van der Waals surface area contributed by atoms with Crippen LogP contribution in [0, 0.1) is 5.92 Å². The minimum absolute atomic E-state index is 0.